The summed E-state index contributed by atoms with van der Waals surface area (Å²) >= 11 is 0. The molecule has 1 atom stereocenters. The number of aromatic nitrogens is 2. The van der Waals surface area contributed by atoms with Gasteiger partial charge >= 0.3 is 0 Å². The highest BCUT2D eigenvalue weighted by Crippen LogP contribution is 2.38. The summed E-state index contributed by atoms with van der Waals surface area (Å²) in [6.07, 6.45) is 1.22. The van der Waals surface area contributed by atoms with Crippen LogP contribution < -0.4 is 0 Å². The summed E-state index contributed by atoms with van der Waals surface area (Å²) in [5, 5.41) is 13.8. The van der Waals surface area contributed by atoms with Gasteiger partial charge in [0.15, 0.2) is 9.84 Å². The first kappa shape index (κ1) is 17.0. The third kappa shape index (κ3) is 2.85. The summed E-state index contributed by atoms with van der Waals surface area (Å²) in [5.41, 5.74) is 5.89. The van der Waals surface area contributed by atoms with Crippen molar-refractivity contribution in [2.75, 3.05) is 6.26 Å². The van der Waals surface area contributed by atoms with Gasteiger partial charge in [-0.25, -0.2) is 8.42 Å². The Morgan fingerprint density at radius 1 is 1.15 bits per heavy atom. The van der Waals surface area contributed by atoms with Crippen LogP contribution in [0.3, 0.4) is 0 Å². The number of rotatable bonds is 3. The standard InChI is InChI=1S/C20H20N2O3S/c1-13-11-22-20(10-16(12-23)21-22)18-7-6-15(9-19(13)18)14-4-3-5-17(8-14)26(2,24)25/h3-10,13,23H,11-12H2,1-2H3. The summed E-state index contributed by atoms with van der Waals surface area (Å²) in [7, 11) is -3.24. The van der Waals surface area contributed by atoms with Crippen LogP contribution in [0.5, 0.6) is 0 Å². The van der Waals surface area contributed by atoms with Crippen molar-refractivity contribution in [1.82, 2.24) is 9.78 Å². The lowest BCUT2D eigenvalue weighted by Crippen LogP contribution is -2.15. The van der Waals surface area contributed by atoms with E-state index in [2.05, 4.69) is 24.2 Å². The molecule has 26 heavy (non-hydrogen) atoms. The molecule has 5 nitrogen and oxygen atoms in total. The van der Waals surface area contributed by atoms with Crippen molar-refractivity contribution in [3.05, 3.63) is 59.8 Å². The van der Waals surface area contributed by atoms with Crippen LogP contribution in [-0.2, 0) is 23.0 Å². The van der Waals surface area contributed by atoms with Crippen LogP contribution in [0.4, 0.5) is 0 Å². The third-order valence-corrected chi connectivity index (χ3v) is 6.00. The average molecular weight is 368 g/mol. The molecule has 0 radical (unpaired) electrons. The molecule has 134 valence electrons. The molecule has 0 aliphatic carbocycles. The van der Waals surface area contributed by atoms with Gasteiger partial charge in [-0.15, -0.1) is 0 Å². The molecule has 1 aliphatic heterocycles. The first-order chi connectivity index (χ1) is 12.4. The second-order valence-corrected chi connectivity index (χ2v) is 8.88. The zero-order valence-electron chi connectivity index (χ0n) is 14.7. The van der Waals surface area contributed by atoms with Gasteiger partial charge in [0.05, 0.1) is 22.9 Å². The predicted molar refractivity (Wildman–Crippen MR) is 101 cm³/mol. The first-order valence-electron chi connectivity index (χ1n) is 8.49. The third-order valence-electron chi connectivity index (χ3n) is 4.89. The fourth-order valence-corrected chi connectivity index (χ4v) is 4.22. The van der Waals surface area contributed by atoms with Crippen LogP contribution >= 0.6 is 0 Å². The highest BCUT2D eigenvalue weighted by atomic mass is 32.2. The molecule has 0 saturated carbocycles. The molecule has 2 aromatic carbocycles. The molecule has 0 spiro atoms. The lowest BCUT2D eigenvalue weighted by molar-refractivity contribution is 0.275. The molecule has 6 heteroatoms. The number of benzene rings is 2. The van der Waals surface area contributed by atoms with Gasteiger partial charge in [-0.1, -0.05) is 37.3 Å². The monoisotopic (exact) mass is 368 g/mol. The van der Waals surface area contributed by atoms with Crippen molar-refractivity contribution >= 4 is 9.84 Å². The number of fused-ring (bicyclic) bond motifs is 3. The van der Waals surface area contributed by atoms with Gasteiger partial charge in [-0.05, 0) is 34.9 Å². The van der Waals surface area contributed by atoms with Crippen molar-refractivity contribution in [2.45, 2.75) is 30.9 Å². The van der Waals surface area contributed by atoms with Crippen LogP contribution in [-0.4, -0.2) is 29.6 Å². The van der Waals surface area contributed by atoms with Gasteiger partial charge in [-0.2, -0.15) is 5.10 Å². The lowest BCUT2D eigenvalue weighted by atomic mass is 9.88. The van der Waals surface area contributed by atoms with E-state index in [1.807, 2.05) is 22.9 Å². The van der Waals surface area contributed by atoms with Crippen LogP contribution in [0, 0.1) is 0 Å². The Kier molecular flexibility index (Phi) is 3.97. The molecule has 0 bridgehead atoms. The summed E-state index contributed by atoms with van der Waals surface area (Å²) in [6, 6.07) is 15.2. The van der Waals surface area contributed by atoms with E-state index in [0.29, 0.717) is 10.6 Å². The van der Waals surface area contributed by atoms with Gasteiger partial charge in [-0.3, -0.25) is 4.68 Å². The molecule has 1 aliphatic rings. The molecular formula is C20H20N2O3S. The summed E-state index contributed by atoms with van der Waals surface area (Å²) in [4.78, 5) is 0.325. The number of hydrogen-bond donors (Lipinski definition) is 1. The van der Waals surface area contributed by atoms with E-state index in [1.54, 1.807) is 18.2 Å². The zero-order valence-corrected chi connectivity index (χ0v) is 15.5. The second kappa shape index (κ2) is 6.07. The van der Waals surface area contributed by atoms with E-state index in [1.165, 1.54) is 11.8 Å². The van der Waals surface area contributed by atoms with Crippen molar-refractivity contribution in [2.24, 2.45) is 0 Å². The molecule has 1 unspecified atom stereocenters. The SMILES string of the molecule is CC1Cn2nc(CO)cc2-c2ccc(-c3cccc(S(C)(=O)=O)c3)cc21. The van der Waals surface area contributed by atoms with Crippen molar-refractivity contribution in [3.8, 4) is 22.4 Å². The average Bonchev–Trinajstić information content (AvgIpc) is 3.04. The minimum atomic E-state index is -3.24. The van der Waals surface area contributed by atoms with Crippen molar-refractivity contribution in [1.29, 1.82) is 0 Å². The van der Waals surface area contributed by atoms with Gasteiger partial charge in [0, 0.05) is 24.3 Å². The lowest BCUT2D eigenvalue weighted by Gasteiger charge is -2.24. The minimum Gasteiger partial charge on any atom is -0.390 e. The molecule has 0 amide bonds. The number of hydrogen-bond acceptors (Lipinski definition) is 4. The maximum absolute atomic E-state index is 11.8. The predicted octanol–water partition coefficient (Wildman–Crippen LogP) is 3.23. The number of nitrogens with zero attached hydrogens (tertiary/aromatic N) is 2. The smallest absolute Gasteiger partial charge is 0.175 e. The van der Waals surface area contributed by atoms with E-state index >= 15 is 0 Å². The summed E-state index contributed by atoms with van der Waals surface area (Å²) in [6.45, 7) is 2.84. The highest BCUT2D eigenvalue weighted by molar-refractivity contribution is 7.90. The Bertz CT molecular complexity index is 1100. The van der Waals surface area contributed by atoms with E-state index < -0.39 is 9.84 Å². The fourth-order valence-electron chi connectivity index (χ4n) is 3.55. The van der Waals surface area contributed by atoms with Gasteiger partial charge in [0.2, 0.25) is 0 Å². The first-order valence-corrected chi connectivity index (χ1v) is 10.4. The number of sulfone groups is 1. The zero-order chi connectivity index (χ0) is 18.5. The maximum Gasteiger partial charge on any atom is 0.175 e. The Balaban J connectivity index is 1.82. The van der Waals surface area contributed by atoms with E-state index in [-0.39, 0.29) is 12.5 Å². The van der Waals surface area contributed by atoms with Crippen LogP contribution in [0.25, 0.3) is 22.4 Å². The Morgan fingerprint density at radius 3 is 2.65 bits per heavy atom. The Morgan fingerprint density at radius 2 is 1.92 bits per heavy atom. The van der Waals surface area contributed by atoms with E-state index in [4.69, 9.17) is 0 Å². The molecule has 2 heterocycles. The molecule has 3 aromatic rings. The normalized spacial score (nSPS) is 16.2. The number of aliphatic hydroxyl groups excluding tert-OH is 1. The van der Waals surface area contributed by atoms with E-state index in [9.17, 15) is 13.5 Å². The summed E-state index contributed by atoms with van der Waals surface area (Å²) in [5.74, 6) is 0.280. The molecule has 1 N–H and O–H groups in total. The molecular weight excluding hydrogens is 348 g/mol. The van der Waals surface area contributed by atoms with Crippen LogP contribution in [0.2, 0.25) is 0 Å². The van der Waals surface area contributed by atoms with Crippen molar-refractivity contribution in [3.63, 3.8) is 0 Å². The largest absolute Gasteiger partial charge is 0.390 e. The number of aliphatic hydroxyl groups is 1. The Hall–Kier alpha value is -2.44. The topological polar surface area (TPSA) is 72.2 Å². The molecule has 1 aromatic heterocycles. The Labute approximate surface area is 152 Å². The quantitative estimate of drug-likeness (QED) is 0.770. The molecule has 4 rings (SSSR count). The molecule has 0 fully saturated rings. The van der Waals surface area contributed by atoms with Crippen molar-refractivity contribution < 1.29 is 13.5 Å². The van der Waals surface area contributed by atoms with Gasteiger partial charge in [0.1, 0.15) is 0 Å². The fraction of sp³-hybridized carbons (Fsp3) is 0.250. The van der Waals surface area contributed by atoms with Crippen LogP contribution in [0.15, 0.2) is 53.4 Å². The van der Waals surface area contributed by atoms with E-state index in [0.717, 1.165) is 28.9 Å². The highest BCUT2D eigenvalue weighted by Gasteiger charge is 2.24. The maximum atomic E-state index is 11.8. The molecule has 0 saturated heterocycles. The minimum absolute atomic E-state index is 0.0694. The van der Waals surface area contributed by atoms with Gasteiger partial charge < -0.3 is 5.11 Å². The second-order valence-electron chi connectivity index (χ2n) is 6.86. The summed E-state index contributed by atoms with van der Waals surface area (Å²) < 4.78 is 25.6. The van der Waals surface area contributed by atoms with Crippen LogP contribution in [0.1, 0.15) is 24.1 Å². The van der Waals surface area contributed by atoms with Gasteiger partial charge in [0.25, 0.3) is 0 Å².